The van der Waals surface area contributed by atoms with Gasteiger partial charge in [-0.25, -0.2) is 13.1 Å². The highest BCUT2D eigenvalue weighted by Gasteiger charge is 2.49. The van der Waals surface area contributed by atoms with Crippen LogP contribution in [0.3, 0.4) is 0 Å². The van der Waals surface area contributed by atoms with Crippen LogP contribution in [0.4, 0.5) is 5.69 Å². The number of rotatable bonds is 6. The SMILES string of the molecule is CO[C@]1(CNCCN2CCOCC2)/C=C/C[C@H](C)[C@@H](C)S(=O)(=O)NC(=O)c2ccc3c(c2)N(C[C@@H]2CC[C@H]21)C[C@@]1(CCCc2cc(Cl)ccc21)CO3. The molecule has 6 atom stereocenters. The summed E-state index contributed by atoms with van der Waals surface area (Å²) >= 11 is 6.49. The summed E-state index contributed by atoms with van der Waals surface area (Å²) in [6, 6.07) is 11.6. The van der Waals surface area contributed by atoms with Gasteiger partial charge >= 0.3 is 0 Å². The predicted molar refractivity (Wildman–Crippen MR) is 205 cm³/mol. The number of fused-ring (bicyclic) bond motifs is 4. The summed E-state index contributed by atoms with van der Waals surface area (Å²) in [6.07, 6.45) is 9.92. The molecule has 0 unspecified atom stereocenters. The van der Waals surface area contributed by atoms with Crippen molar-refractivity contribution in [2.24, 2.45) is 17.8 Å². The second-order valence-electron chi connectivity index (χ2n) is 15.8. The molecular weight excluding hydrogens is 700 g/mol. The minimum atomic E-state index is -3.95. The van der Waals surface area contributed by atoms with E-state index in [1.54, 1.807) is 13.0 Å². The number of nitrogens with zero attached hydrogens (tertiary/aromatic N) is 2. The first-order valence-corrected chi connectivity index (χ1v) is 21.1. The highest BCUT2D eigenvalue weighted by Crippen LogP contribution is 2.49. The third kappa shape index (κ3) is 7.64. The normalized spacial score (nSPS) is 32.8. The summed E-state index contributed by atoms with van der Waals surface area (Å²) in [5.74, 6) is 0.421. The van der Waals surface area contributed by atoms with Crippen molar-refractivity contribution in [1.82, 2.24) is 14.9 Å². The van der Waals surface area contributed by atoms with Crippen molar-refractivity contribution in [2.45, 2.75) is 68.6 Å². The lowest BCUT2D eigenvalue weighted by Gasteiger charge is -2.50. The average molecular weight is 755 g/mol. The molecule has 52 heavy (non-hydrogen) atoms. The maximum atomic E-state index is 13.6. The van der Waals surface area contributed by atoms with Crippen LogP contribution < -0.4 is 19.7 Å². The van der Waals surface area contributed by atoms with Crippen LogP contribution in [0.2, 0.25) is 5.02 Å². The van der Waals surface area contributed by atoms with Crippen molar-refractivity contribution >= 4 is 33.2 Å². The summed E-state index contributed by atoms with van der Waals surface area (Å²) in [7, 11) is -2.14. The lowest BCUT2D eigenvalue weighted by Crippen LogP contribution is -2.57. The maximum Gasteiger partial charge on any atom is 0.264 e. The number of benzene rings is 2. The molecule has 2 aliphatic carbocycles. The topological polar surface area (TPSA) is 109 Å². The molecule has 3 aliphatic heterocycles. The molecule has 3 heterocycles. The fourth-order valence-electron chi connectivity index (χ4n) is 9.18. The zero-order chi connectivity index (χ0) is 36.5. The zero-order valence-corrected chi connectivity index (χ0v) is 32.4. The summed E-state index contributed by atoms with van der Waals surface area (Å²) in [5, 5.41) is 3.71. The first kappa shape index (κ1) is 37.6. The Kier molecular flexibility index (Phi) is 11.3. The van der Waals surface area contributed by atoms with Gasteiger partial charge in [0, 0.05) is 68.9 Å². The largest absolute Gasteiger partial charge is 0.490 e. The van der Waals surface area contributed by atoms with Crippen molar-refractivity contribution in [3.63, 3.8) is 0 Å². The lowest BCUT2D eigenvalue weighted by atomic mass is 9.63. The number of sulfonamides is 1. The van der Waals surface area contributed by atoms with E-state index in [4.69, 9.17) is 25.8 Å². The Hall–Kier alpha value is -2.67. The molecule has 2 fully saturated rings. The van der Waals surface area contributed by atoms with Crippen LogP contribution in [-0.2, 0) is 31.3 Å². The van der Waals surface area contributed by atoms with Gasteiger partial charge in [0.25, 0.3) is 5.91 Å². The van der Waals surface area contributed by atoms with Crippen LogP contribution in [-0.4, -0.2) is 103 Å². The van der Waals surface area contributed by atoms with E-state index in [1.807, 2.05) is 32.2 Å². The number of carbonyl (C=O) groups excluding carboxylic acids is 1. The minimum Gasteiger partial charge on any atom is -0.490 e. The van der Waals surface area contributed by atoms with E-state index in [1.165, 1.54) is 11.1 Å². The van der Waals surface area contributed by atoms with E-state index in [9.17, 15) is 13.2 Å². The molecule has 1 spiro atoms. The number of carbonyl (C=O) groups is 1. The van der Waals surface area contributed by atoms with Crippen molar-refractivity contribution in [3.05, 3.63) is 70.3 Å². The average Bonchev–Trinajstić information content (AvgIpc) is 3.27. The lowest BCUT2D eigenvalue weighted by molar-refractivity contribution is -0.0735. The molecule has 0 radical (unpaired) electrons. The molecular formula is C40H55ClN4O6S. The first-order chi connectivity index (χ1) is 25.0. The number of hydrogen-bond acceptors (Lipinski definition) is 9. The summed E-state index contributed by atoms with van der Waals surface area (Å²) < 4.78 is 48.3. The number of methoxy groups -OCH3 is 1. The molecule has 12 heteroatoms. The van der Waals surface area contributed by atoms with Gasteiger partial charge in [-0.1, -0.05) is 36.7 Å². The highest BCUT2D eigenvalue weighted by molar-refractivity contribution is 7.90. The molecule has 10 nitrogen and oxygen atoms in total. The second kappa shape index (κ2) is 15.6. The second-order valence-corrected chi connectivity index (χ2v) is 18.3. The van der Waals surface area contributed by atoms with Crippen molar-refractivity contribution in [2.75, 3.05) is 77.6 Å². The van der Waals surface area contributed by atoms with Gasteiger partial charge in [-0.2, -0.15) is 0 Å². The Balaban J connectivity index is 1.25. The molecule has 1 amide bonds. The van der Waals surface area contributed by atoms with Crippen molar-refractivity contribution in [1.29, 1.82) is 0 Å². The Labute approximate surface area is 314 Å². The quantitative estimate of drug-likeness (QED) is 0.305. The molecule has 1 saturated heterocycles. The predicted octanol–water partition coefficient (Wildman–Crippen LogP) is 5.19. The van der Waals surface area contributed by atoms with Gasteiger partial charge in [0.2, 0.25) is 10.0 Å². The molecule has 7 rings (SSSR count). The van der Waals surface area contributed by atoms with Gasteiger partial charge in [-0.15, -0.1) is 0 Å². The Morgan fingerprint density at radius 3 is 2.71 bits per heavy atom. The standard InChI is InChI=1S/C40H55ClN4O6S/c1-28-6-4-15-40(49-3,25-42-16-17-44-18-20-50-21-19-44)35-11-8-32(35)24-45-26-39(14-5-7-30-22-33(41)10-12-34(30)39)27-51-37-13-9-31(23-36(37)45)38(46)43-52(47,48)29(28)2/h4,9-10,12-13,15,22-23,28-29,32,35,42H,5-8,11,14,16-21,24-27H2,1-3H3,(H,43,46)/b15-4+/t28-,29+,32-,35+,39-,40-/m0/s1. The molecule has 2 N–H and O–H groups in total. The van der Waals surface area contributed by atoms with Crippen LogP contribution in [0.15, 0.2) is 48.6 Å². The van der Waals surface area contributed by atoms with Gasteiger partial charge in [-0.05, 0) is 105 Å². The third-order valence-corrected chi connectivity index (χ3v) is 14.9. The number of hydrogen-bond donors (Lipinski definition) is 2. The van der Waals surface area contributed by atoms with E-state index >= 15 is 0 Å². The number of ether oxygens (including phenoxy) is 3. The number of anilines is 1. The molecule has 2 aromatic rings. The zero-order valence-electron chi connectivity index (χ0n) is 30.9. The summed E-state index contributed by atoms with van der Waals surface area (Å²) in [5.41, 5.74) is 2.83. The Morgan fingerprint density at radius 2 is 1.94 bits per heavy atom. The van der Waals surface area contributed by atoms with Crippen LogP contribution in [0.1, 0.15) is 67.4 Å². The van der Waals surface area contributed by atoms with Crippen molar-refractivity contribution in [3.8, 4) is 5.75 Å². The van der Waals surface area contributed by atoms with Crippen LogP contribution >= 0.6 is 11.6 Å². The Bertz CT molecular complexity index is 1750. The first-order valence-electron chi connectivity index (χ1n) is 19.1. The molecule has 5 aliphatic rings. The summed E-state index contributed by atoms with van der Waals surface area (Å²) in [6.45, 7) is 11.5. The van der Waals surface area contributed by atoms with E-state index in [-0.39, 0.29) is 17.3 Å². The number of amides is 1. The van der Waals surface area contributed by atoms with E-state index in [2.05, 4.69) is 44.1 Å². The number of morpholine rings is 1. The Morgan fingerprint density at radius 1 is 1.12 bits per heavy atom. The van der Waals surface area contributed by atoms with Crippen LogP contribution in [0.5, 0.6) is 5.75 Å². The number of allylic oxidation sites excluding steroid dienone is 1. The van der Waals surface area contributed by atoms with Crippen LogP contribution in [0, 0.1) is 17.8 Å². The van der Waals surface area contributed by atoms with Crippen molar-refractivity contribution < 1.29 is 27.4 Å². The molecule has 284 valence electrons. The van der Waals surface area contributed by atoms with Gasteiger partial charge in [0.05, 0.1) is 30.8 Å². The van der Waals surface area contributed by atoms with Crippen LogP contribution in [0.25, 0.3) is 0 Å². The van der Waals surface area contributed by atoms with Gasteiger partial charge < -0.3 is 24.4 Å². The van der Waals surface area contributed by atoms with E-state index in [0.717, 1.165) is 88.8 Å². The maximum absolute atomic E-state index is 13.6. The molecule has 1 saturated carbocycles. The smallest absolute Gasteiger partial charge is 0.264 e. The summed E-state index contributed by atoms with van der Waals surface area (Å²) in [4.78, 5) is 18.5. The van der Waals surface area contributed by atoms with E-state index < -0.39 is 26.8 Å². The minimum absolute atomic E-state index is 0.226. The number of halogens is 1. The number of aryl methyl sites for hydroxylation is 1. The van der Waals surface area contributed by atoms with Gasteiger partial charge in [0.15, 0.2) is 0 Å². The monoisotopic (exact) mass is 754 g/mol. The molecule has 0 aromatic heterocycles. The highest BCUT2D eigenvalue weighted by atomic mass is 35.5. The van der Waals surface area contributed by atoms with Gasteiger partial charge in [0.1, 0.15) is 11.4 Å². The molecule has 2 bridgehead atoms. The van der Waals surface area contributed by atoms with Gasteiger partial charge in [-0.3, -0.25) is 9.69 Å². The fourth-order valence-corrected chi connectivity index (χ4v) is 10.7. The number of nitrogens with one attached hydrogen (secondary N) is 2. The van der Waals surface area contributed by atoms with E-state index in [0.29, 0.717) is 43.3 Å². The third-order valence-electron chi connectivity index (χ3n) is 12.7. The fraction of sp³-hybridized carbons (Fsp3) is 0.625. The molecule has 2 aromatic carbocycles.